The van der Waals surface area contributed by atoms with Crippen LogP contribution in [0.15, 0.2) is 286 Å². The van der Waals surface area contributed by atoms with Crippen molar-refractivity contribution < 1.29 is 82.8 Å². The van der Waals surface area contributed by atoms with Crippen LogP contribution < -0.4 is 4.90 Å². The van der Waals surface area contributed by atoms with Crippen LogP contribution in [0.2, 0.25) is 0 Å². The zero-order valence-corrected chi connectivity index (χ0v) is 61.7. The number of anilines is 1. The van der Waals surface area contributed by atoms with Crippen molar-refractivity contribution in [3.63, 3.8) is 0 Å². The summed E-state index contributed by atoms with van der Waals surface area (Å²) in [5, 5.41) is 0. The second-order valence-corrected chi connectivity index (χ2v) is 30.4. The minimum Gasteiger partial charge on any atom is -0.374 e. The quantitative estimate of drug-likeness (QED) is 0.0325. The van der Waals surface area contributed by atoms with Gasteiger partial charge in [-0.3, -0.25) is 45.3 Å². The molecule has 2 aliphatic heterocycles. The third kappa shape index (κ3) is 21.6. The van der Waals surface area contributed by atoms with E-state index in [9.17, 15) is 0 Å². The third-order valence-corrected chi connectivity index (χ3v) is 21.6. The first-order valence-electron chi connectivity index (χ1n) is 35.1. The van der Waals surface area contributed by atoms with E-state index in [0.29, 0.717) is 55.9 Å². The summed E-state index contributed by atoms with van der Waals surface area (Å²) in [6, 6.07) is 83.0. The lowest BCUT2D eigenvalue weighted by molar-refractivity contribution is -0.325. The van der Waals surface area contributed by atoms with Crippen molar-refractivity contribution in [3.05, 3.63) is 336 Å². The Morgan fingerprint density at radius 2 is 0.673 bits per heavy atom. The van der Waals surface area contributed by atoms with Gasteiger partial charge in [0.15, 0.2) is 29.5 Å². The Labute approximate surface area is 622 Å². The Morgan fingerprint density at radius 3 is 1.03 bits per heavy atom. The first-order valence-corrected chi connectivity index (χ1v) is 39.4. The molecule has 9 aromatic carbocycles. The number of rotatable bonds is 39. The third-order valence-electron chi connectivity index (χ3n) is 17.4. The number of imidazole rings is 1. The van der Waals surface area contributed by atoms with Gasteiger partial charge >= 0.3 is 23.5 Å². The van der Waals surface area contributed by atoms with Gasteiger partial charge in [-0.25, -0.2) is 28.6 Å². The Balaban J connectivity index is 0.984. The van der Waals surface area contributed by atoms with Gasteiger partial charge in [0.1, 0.15) is 49.1 Å². The van der Waals surface area contributed by atoms with Crippen LogP contribution in [0.3, 0.4) is 0 Å². The van der Waals surface area contributed by atoms with Crippen molar-refractivity contribution in [2.45, 2.75) is 115 Å². The van der Waals surface area contributed by atoms with Crippen molar-refractivity contribution in [2.24, 2.45) is 0 Å². The van der Waals surface area contributed by atoms with E-state index in [4.69, 9.17) is 79.1 Å². The summed E-state index contributed by atoms with van der Waals surface area (Å²) in [7, 11) is -11.2. The molecule has 26 heteroatoms. The van der Waals surface area contributed by atoms with Gasteiger partial charge in [0.2, 0.25) is 0 Å². The second kappa shape index (κ2) is 38.0. The van der Waals surface area contributed by atoms with E-state index < -0.39 is 78.7 Å². The minimum atomic E-state index is -5.03. The maximum Gasteiger partial charge on any atom is 0.475 e. The van der Waals surface area contributed by atoms with Crippen LogP contribution in [0.25, 0.3) is 11.2 Å². The smallest absolute Gasteiger partial charge is 0.374 e. The predicted molar refractivity (Wildman–Crippen MR) is 399 cm³/mol. The maximum absolute atomic E-state index is 16.5. The highest BCUT2D eigenvalue weighted by Crippen LogP contribution is 2.60. The van der Waals surface area contributed by atoms with Gasteiger partial charge in [0.05, 0.1) is 79.0 Å². The molecule has 0 bridgehead atoms. The number of fused-ring (bicyclic) bond motifs is 1. The molecule has 0 amide bonds. The molecule has 0 saturated carbocycles. The molecule has 2 aliphatic rings. The summed E-state index contributed by atoms with van der Waals surface area (Å²) in [6.07, 6.45) is -11.1. The number of hydrogen-bond donors (Lipinski definition) is 0. The van der Waals surface area contributed by atoms with Gasteiger partial charge in [0, 0.05) is 14.1 Å². The molecular weight excluding hydrogens is 1420 g/mol. The molecule has 4 heterocycles. The number of aromatic nitrogens is 4. The molecular formula is C81H84N5O18P3. The van der Waals surface area contributed by atoms with Crippen molar-refractivity contribution >= 4 is 40.4 Å². The lowest BCUT2D eigenvalue weighted by Gasteiger charge is -2.47. The molecule has 0 spiro atoms. The first kappa shape index (κ1) is 76.6. The van der Waals surface area contributed by atoms with E-state index in [2.05, 4.69) is 4.98 Å². The van der Waals surface area contributed by atoms with E-state index in [0.717, 1.165) is 11.1 Å². The van der Waals surface area contributed by atoms with E-state index in [1.165, 1.54) is 12.7 Å². The number of phosphoric acid groups is 3. The second-order valence-electron chi connectivity index (χ2n) is 25.5. The van der Waals surface area contributed by atoms with Crippen LogP contribution in [0.4, 0.5) is 5.82 Å². The average molecular weight is 1510 g/mol. The van der Waals surface area contributed by atoms with Gasteiger partial charge in [0.25, 0.3) is 0 Å². The fourth-order valence-corrected chi connectivity index (χ4v) is 16.1. The summed E-state index contributed by atoms with van der Waals surface area (Å²) >= 11 is 0. The molecule has 0 radical (unpaired) electrons. The number of hydrogen-bond acceptors (Lipinski definition) is 22. The largest absolute Gasteiger partial charge is 0.475 e. The number of phosphoric ester groups is 3. The highest BCUT2D eigenvalue weighted by Gasteiger charge is 2.59. The van der Waals surface area contributed by atoms with Crippen molar-refractivity contribution in [3.8, 4) is 0 Å². The normalized spacial score (nSPS) is 19.8. The van der Waals surface area contributed by atoms with Crippen LogP contribution in [0.5, 0.6) is 0 Å². The highest BCUT2D eigenvalue weighted by molar-refractivity contribution is 7.49. The van der Waals surface area contributed by atoms with Crippen LogP contribution in [-0.4, -0.2) is 95.8 Å². The molecule has 2 saturated heterocycles. The van der Waals surface area contributed by atoms with Crippen molar-refractivity contribution in [2.75, 3.05) is 32.2 Å². The molecule has 23 nitrogen and oxygen atoms in total. The van der Waals surface area contributed by atoms with E-state index in [1.807, 2.05) is 239 Å². The van der Waals surface area contributed by atoms with Gasteiger partial charge < -0.3 is 33.3 Å². The summed E-state index contributed by atoms with van der Waals surface area (Å²) in [5.74, 6) is 0.485. The zero-order chi connectivity index (χ0) is 73.5. The molecule has 13 rings (SSSR count). The minimum absolute atomic E-state index is 0.0258. The Hall–Kier alpha value is -8.58. The summed E-state index contributed by atoms with van der Waals surface area (Å²) in [4.78, 5) is 16.0. The molecule has 0 aliphatic carbocycles. The molecule has 2 fully saturated rings. The lowest BCUT2D eigenvalue weighted by Crippen LogP contribution is -2.62. The standard InChI is InChI=1S/C81H84N5O18P3/c1-85(2)78-72-79(83-59-82-78)86(60-84-72)80-76(104-107(89,97-55-68-44-26-10-27-45-68)98-56-69-46-28-11-29-47-69)73(70(99-80)57-90-48-61-30-12-3-13-31-61)101-81-77(92-50-63-34-16-5-17-35-63)75(103-106(88,95-53-66-40-22-8-23-41-66)96-54-67-42-24-9-25-43-67)74(71(100-81)58-91-49-62-32-14-4-15-33-62)102-105(87,93-51-64-36-18-6-19-37-64)94-52-65-38-20-7-21-39-65/h3-47,59-60,70-71,73-77,80-81H,48-58H2,1-2H3/t70-,71-,73-,74-,75+,76-,77-,80-,81-/m1/s1. The van der Waals surface area contributed by atoms with Gasteiger partial charge in [-0.2, -0.15) is 0 Å². The molecule has 556 valence electrons. The Morgan fingerprint density at radius 1 is 0.355 bits per heavy atom. The monoisotopic (exact) mass is 1510 g/mol. The Kier molecular flexibility index (Phi) is 27.2. The average Bonchev–Trinajstić information content (AvgIpc) is 1.69. The predicted octanol–water partition coefficient (Wildman–Crippen LogP) is 16.7. The summed E-state index contributed by atoms with van der Waals surface area (Å²) in [5.41, 5.74) is 6.80. The molecule has 2 aromatic heterocycles. The number of nitrogens with zero attached hydrogens (tertiary/aromatic N) is 5. The number of benzene rings is 9. The molecule has 0 unspecified atom stereocenters. The molecule has 107 heavy (non-hydrogen) atoms. The van der Waals surface area contributed by atoms with Crippen LogP contribution in [0.1, 0.15) is 56.3 Å². The van der Waals surface area contributed by atoms with Gasteiger partial charge in [-0.05, 0) is 50.1 Å². The summed E-state index contributed by atoms with van der Waals surface area (Å²) in [6.45, 7) is -2.21. The van der Waals surface area contributed by atoms with Crippen molar-refractivity contribution in [1.29, 1.82) is 0 Å². The zero-order valence-electron chi connectivity index (χ0n) is 59.0. The molecule has 9 atom stereocenters. The summed E-state index contributed by atoms with van der Waals surface area (Å²) < 4.78 is 154. The highest BCUT2D eigenvalue weighted by atomic mass is 31.2. The fourth-order valence-electron chi connectivity index (χ4n) is 12.0. The fraction of sp³-hybridized carbons (Fsp3) is 0.272. The SMILES string of the molecule is CN(C)c1ncnc2c1ncn2[C@@H]1O[C@H](COCc2ccccc2)[C@@H](O[C@H]2O[C@H](COCc3ccccc3)[C@@H](OP(=O)(OCc3ccccc3)OCc3ccccc3)[C@H](OP(=O)(OCc3ccccc3)OCc3ccccc3)[C@H]2OCc2ccccc2)[C@H]1OP(=O)(OCc1ccccc1)OCc1ccccc1. The van der Waals surface area contributed by atoms with E-state index in [1.54, 1.807) is 58.0 Å². The Bertz CT molecular complexity index is 4480. The number of ether oxygens (including phenoxy) is 6. The van der Waals surface area contributed by atoms with Crippen LogP contribution >= 0.6 is 23.5 Å². The van der Waals surface area contributed by atoms with Gasteiger partial charge in [-0.1, -0.05) is 273 Å². The topological polar surface area (TPSA) is 236 Å². The molecule has 0 N–H and O–H groups in total. The van der Waals surface area contributed by atoms with E-state index >= 15 is 13.7 Å². The molecule has 11 aromatic rings. The maximum atomic E-state index is 16.5. The first-order chi connectivity index (χ1) is 52.4. The lowest BCUT2D eigenvalue weighted by atomic mass is 9.98. The van der Waals surface area contributed by atoms with Crippen LogP contribution in [-0.2, 0) is 142 Å². The van der Waals surface area contributed by atoms with Crippen molar-refractivity contribution in [1.82, 2.24) is 19.5 Å². The van der Waals surface area contributed by atoms with E-state index in [-0.39, 0.29) is 72.7 Å². The van der Waals surface area contributed by atoms with Gasteiger partial charge in [-0.15, -0.1) is 0 Å². The van der Waals surface area contributed by atoms with Crippen LogP contribution in [0, 0.1) is 0 Å².